The summed E-state index contributed by atoms with van der Waals surface area (Å²) in [7, 11) is 0. The van der Waals surface area contributed by atoms with Crippen LogP contribution in [0.4, 0.5) is 8.78 Å². The van der Waals surface area contributed by atoms with Crippen molar-refractivity contribution in [1.29, 1.82) is 0 Å². The van der Waals surface area contributed by atoms with E-state index in [0.29, 0.717) is 6.54 Å². The fourth-order valence-corrected chi connectivity index (χ4v) is 1.14. The summed E-state index contributed by atoms with van der Waals surface area (Å²) in [5.41, 5.74) is 0. The molecule has 0 unspecified atom stereocenters. The molecule has 0 aliphatic heterocycles. The fourth-order valence-electron chi connectivity index (χ4n) is 1.14. The minimum atomic E-state index is -2.41. The predicted molar refractivity (Wildman–Crippen MR) is 49.4 cm³/mol. The molecule has 0 N–H and O–H groups in total. The van der Waals surface area contributed by atoms with Gasteiger partial charge in [0.05, 0.1) is 19.7 Å². The summed E-state index contributed by atoms with van der Waals surface area (Å²) in [6.07, 6.45) is -1.66. The number of carbonyl (C=O) groups excluding carboxylic acids is 1. The number of hydrogen-bond donors (Lipinski definition) is 0. The highest BCUT2D eigenvalue weighted by Crippen LogP contribution is 2.00. The Morgan fingerprint density at radius 1 is 1.43 bits per heavy atom. The third-order valence-electron chi connectivity index (χ3n) is 1.59. The monoisotopic (exact) mass is 209 g/mol. The van der Waals surface area contributed by atoms with E-state index in [1.807, 2.05) is 6.92 Å². The highest BCUT2D eigenvalue weighted by atomic mass is 19.3. The van der Waals surface area contributed by atoms with E-state index in [4.69, 9.17) is 0 Å². The van der Waals surface area contributed by atoms with Gasteiger partial charge in [-0.05, 0) is 19.9 Å². The number of hydrogen-bond acceptors (Lipinski definition) is 3. The van der Waals surface area contributed by atoms with E-state index >= 15 is 0 Å². The number of nitrogens with zero attached hydrogens (tertiary/aromatic N) is 1. The van der Waals surface area contributed by atoms with Gasteiger partial charge in [-0.2, -0.15) is 0 Å². The zero-order valence-electron chi connectivity index (χ0n) is 8.63. The fraction of sp³-hybridized carbons (Fsp3) is 0.889. The molecule has 3 nitrogen and oxygen atoms in total. The molecule has 5 heteroatoms. The summed E-state index contributed by atoms with van der Waals surface area (Å²) < 4.78 is 28.8. The standard InChI is InChI=1S/C9H17F2NO2/c1-3-5-12(6-8(10)11)7-9(13)14-4-2/h8H,3-7H2,1-2H3. The van der Waals surface area contributed by atoms with Crippen molar-refractivity contribution in [2.24, 2.45) is 0 Å². The van der Waals surface area contributed by atoms with E-state index in [2.05, 4.69) is 4.74 Å². The molecule has 0 aliphatic rings. The molecule has 0 aromatic rings. The molecule has 0 radical (unpaired) electrons. The number of ether oxygens (including phenoxy) is 1. The van der Waals surface area contributed by atoms with Crippen molar-refractivity contribution in [2.45, 2.75) is 26.7 Å². The van der Waals surface area contributed by atoms with Crippen LogP contribution in [0.5, 0.6) is 0 Å². The van der Waals surface area contributed by atoms with Crippen LogP contribution in [-0.4, -0.2) is 43.5 Å². The van der Waals surface area contributed by atoms with Crippen LogP contribution in [0.3, 0.4) is 0 Å². The molecular formula is C9H17F2NO2. The van der Waals surface area contributed by atoms with E-state index in [9.17, 15) is 13.6 Å². The molecule has 0 saturated carbocycles. The Hall–Kier alpha value is -0.710. The lowest BCUT2D eigenvalue weighted by Gasteiger charge is -2.19. The predicted octanol–water partition coefficient (Wildman–Crippen LogP) is 1.53. The van der Waals surface area contributed by atoms with Crippen LogP contribution in [0.2, 0.25) is 0 Å². The highest BCUT2D eigenvalue weighted by Gasteiger charge is 2.14. The smallest absolute Gasteiger partial charge is 0.320 e. The van der Waals surface area contributed by atoms with Gasteiger partial charge in [-0.25, -0.2) is 8.78 Å². The van der Waals surface area contributed by atoms with E-state index < -0.39 is 12.4 Å². The molecule has 0 fully saturated rings. The first-order chi connectivity index (χ1) is 6.60. The zero-order valence-corrected chi connectivity index (χ0v) is 8.63. The maximum Gasteiger partial charge on any atom is 0.320 e. The molecule has 0 aliphatic carbocycles. The first kappa shape index (κ1) is 13.3. The summed E-state index contributed by atoms with van der Waals surface area (Å²) in [5, 5.41) is 0. The number of esters is 1. The molecule has 84 valence electrons. The lowest BCUT2D eigenvalue weighted by Crippen LogP contribution is -2.35. The first-order valence-electron chi connectivity index (χ1n) is 4.76. The van der Waals surface area contributed by atoms with Gasteiger partial charge in [0.15, 0.2) is 0 Å². The Balaban J connectivity index is 3.88. The maximum atomic E-state index is 12.1. The lowest BCUT2D eigenvalue weighted by molar-refractivity contribution is -0.144. The summed E-state index contributed by atoms with van der Waals surface area (Å²) in [6, 6.07) is 0. The molecule has 14 heavy (non-hydrogen) atoms. The van der Waals surface area contributed by atoms with Crippen LogP contribution in [0.25, 0.3) is 0 Å². The van der Waals surface area contributed by atoms with Crippen LogP contribution in [0, 0.1) is 0 Å². The SMILES string of the molecule is CCCN(CC(=O)OCC)CC(F)F. The van der Waals surface area contributed by atoms with E-state index in [1.165, 1.54) is 4.90 Å². The molecular weight excluding hydrogens is 192 g/mol. The molecule has 0 rings (SSSR count). The van der Waals surface area contributed by atoms with Crippen molar-refractivity contribution < 1.29 is 18.3 Å². The molecule has 0 atom stereocenters. The molecule has 0 amide bonds. The maximum absolute atomic E-state index is 12.1. The second-order valence-electron chi connectivity index (χ2n) is 2.93. The van der Waals surface area contributed by atoms with Crippen molar-refractivity contribution in [1.82, 2.24) is 4.90 Å². The molecule has 0 aromatic carbocycles. The molecule has 0 spiro atoms. The summed E-state index contributed by atoms with van der Waals surface area (Å²) in [4.78, 5) is 12.4. The van der Waals surface area contributed by atoms with Gasteiger partial charge < -0.3 is 4.74 Å². The Morgan fingerprint density at radius 2 is 2.07 bits per heavy atom. The largest absolute Gasteiger partial charge is 0.465 e. The van der Waals surface area contributed by atoms with Crippen molar-refractivity contribution in [3.8, 4) is 0 Å². The topological polar surface area (TPSA) is 29.5 Å². The average Bonchev–Trinajstić information content (AvgIpc) is 2.03. The molecule has 0 bridgehead atoms. The third kappa shape index (κ3) is 6.77. The van der Waals surface area contributed by atoms with Gasteiger partial charge in [0, 0.05) is 0 Å². The second kappa shape index (κ2) is 7.67. The minimum Gasteiger partial charge on any atom is -0.465 e. The molecule has 0 saturated heterocycles. The van der Waals surface area contributed by atoms with Gasteiger partial charge >= 0.3 is 5.97 Å². The Bertz CT molecular complexity index is 165. The minimum absolute atomic E-state index is 0.0496. The Kier molecular flexibility index (Phi) is 7.28. The van der Waals surface area contributed by atoms with E-state index in [1.54, 1.807) is 6.92 Å². The van der Waals surface area contributed by atoms with Gasteiger partial charge in [-0.15, -0.1) is 0 Å². The van der Waals surface area contributed by atoms with Crippen molar-refractivity contribution in [3.63, 3.8) is 0 Å². The zero-order chi connectivity index (χ0) is 11.0. The molecule has 0 aromatic heterocycles. The normalized spacial score (nSPS) is 11.0. The first-order valence-corrected chi connectivity index (χ1v) is 4.76. The van der Waals surface area contributed by atoms with E-state index in [-0.39, 0.29) is 19.7 Å². The third-order valence-corrected chi connectivity index (χ3v) is 1.59. The Labute approximate surface area is 83.0 Å². The van der Waals surface area contributed by atoms with Gasteiger partial charge in [-0.3, -0.25) is 9.69 Å². The van der Waals surface area contributed by atoms with Gasteiger partial charge in [0.25, 0.3) is 6.43 Å². The van der Waals surface area contributed by atoms with Crippen molar-refractivity contribution in [2.75, 3.05) is 26.2 Å². The summed E-state index contributed by atoms with van der Waals surface area (Å²) in [6.45, 7) is 3.92. The van der Waals surface area contributed by atoms with Crippen LogP contribution < -0.4 is 0 Å². The van der Waals surface area contributed by atoms with Crippen LogP contribution >= 0.6 is 0 Å². The van der Waals surface area contributed by atoms with Gasteiger partial charge in [-0.1, -0.05) is 6.92 Å². The second-order valence-corrected chi connectivity index (χ2v) is 2.93. The van der Waals surface area contributed by atoms with Crippen molar-refractivity contribution >= 4 is 5.97 Å². The number of halogens is 2. The van der Waals surface area contributed by atoms with Gasteiger partial charge in [0.1, 0.15) is 0 Å². The van der Waals surface area contributed by atoms with E-state index in [0.717, 1.165) is 6.42 Å². The number of carbonyl (C=O) groups is 1. The summed E-state index contributed by atoms with van der Waals surface area (Å²) >= 11 is 0. The van der Waals surface area contributed by atoms with Crippen molar-refractivity contribution in [3.05, 3.63) is 0 Å². The van der Waals surface area contributed by atoms with Crippen LogP contribution in [0.1, 0.15) is 20.3 Å². The number of rotatable bonds is 7. The van der Waals surface area contributed by atoms with Gasteiger partial charge in [0.2, 0.25) is 0 Å². The highest BCUT2D eigenvalue weighted by molar-refractivity contribution is 5.71. The van der Waals surface area contributed by atoms with Crippen LogP contribution in [-0.2, 0) is 9.53 Å². The number of alkyl halides is 2. The molecule has 0 heterocycles. The van der Waals surface area contributed by atoms with Crippen LogP contribution in [0.15, 0.2) is 0 Å². The Morgan fingerprint density at radius 3 is 2.50 bits per heavy atom. The quantitative estimate of drug-likeness (QED) is 0.595. The average molecular weight is 209 g/mol. The lowest BCUT2D eigenvalue weighted by atomic mass is 10.4. The summed E-state index contributed by atoms with van der Waals surface area (Å²) in [5.74, 6) is -0.443.